The van der Waals surface area contributed by atoms with Gasteiger partial charge in [0.2, 0.25) is 5.91 Å². The molecule has 0 saturated carbocycles. The molecule has 1 saturated heterocycles. The van der Waals surface area contributed by atoms with Crippen molar-refractivity contribution in [3.8, 4) is 5.75 Å². The molecule has 2 aromatic rings. The molecular formula is C24H25F4N3O6S. The van der Waals surface area contributed by atoms with Gasteiger partial charge in [0.1, 0.15) is 30.8 Å². The van der Waals surface area contributed by atoms with E-state index in [1.807, 2.05) is 5.32 Å². The molecule has 0 spiro atoms. The van der Waals surface area contributed by atoms with Gasteiger partial charge in [-0.1, -0.05) is 0 Å². The zero-order chi connectivity index (χ0) is 27.7. The fraction of sp³-hybridized carbons (Fsp3) is 0.417. The molecule has 14 heteroatoms. The smallest absolute Gasteiger partial charge is 0.405 e. The molecular weight excluding hydrogens is 534 g/mol. The molecule has 3 atom stereocenters. The van der Waals surface area contributed by atoms with Gasteiger partial charge in [0, 0.05) is 12.7 Å². The lowest BCUT2D eigenvalue weighted by Crippen LogP contribution is -2.54. The van der Waals surface area contributed by atoms with Crippen LogP contribution in [0.15, 0.2) is 47.4 Å². The molecule has 2 amide bonds. The summed E-state index contributed by atoms with van der Waals surface area (Å²) in [6, 6.07) is 7.99. The van der Waals surface area contributed by atoms with Gasteiger partial charge in [0.15, 0.2) is 0 Å². The Bertz CT molecular complexity index is 1300. The van der Waals surface area contributed by atoms with Crippen LogP contribution in [0.2, 0.25) is 0 Å². The summed E-state index contributed by atoms with van der Waals surface area (Å²) in [6.07, 6.45) is -5.30. The molecule has 0 radical (unpaired) electrons. The van der Waals surface area contributed by atoms with Crippen molar-refractivity contribution in [3.63, 3.8) is 0 Å². The molecule has 206 valence electrons. The summed E-state index contributed by atoms with van der Waals surface area (Å²) in [5.74, 6) is -1.65. The Morgan fingerprint density at radius 3 is 2.53 bits per heavy atom. The molecule has 2 aromatic carbocycles. The lowest BCUT2D eigenvalue weighted by molar-refractivity contribution is -0.144. The van der Waals surface area contributed by atoms with Crippen LogP contribution in [0.3, 0.4) is 0 Å². The number of carbonyl (C=O) groups is 2. The Kier molecular flexibility index (Phi) is 7.83. The van der Waals surface area contributed by atoms with Crippen molar-refractivity contribution in [3.05, 3.63) is 53.8 Å². The molecule has 4 rings (SSSR count). The summed E-state index contributed by atoms with van der Waals surface area (Å²) in [4.78, 5) is 26.5. The Balaban J connectivity index is 1.46. The van der Waals surface area contributed by atoms with Crippen molar-refractivity contribution >= 4 is 27.5 Å². The molecule has 1 fully saturated rings. The number of nitrogens with one attached hydrogen (secondary N) is 2. The van der Waals surface area contributed by atoms with Gasteiger partial charge in [0.25, 0.3) is 15.9 Å². The minimum Gasteiger partial charge on any atom is -0.490 e. The second kappa shape index (κ2) is 10.8. The van der Waals surface area contributed by atoms with Gasteiger partial charge < -0.3 is 19.7 Å². The number of hydrogen-bond acceptors (Lipinski definition) is 6. The monoisotopic (exact) mass is 559 g/mol. The van der Waals surface area contributed by atoms with Crippen molar-refractivity contribution in [2.24, 2.45) is 0 Å². The topological polar surface area (TPSA) is 114 Å². The van der Waals surface area contributed by atoms with Crippen LogP contribution in [-0.2, 0) is 19.6 Å². The number of sulfonamides is 1. The third-order valence-corrected chi connectivity index (χ3v) is 7.68. The summed E-state index contributed by atoms with van der Waals surface area (Å²) in [6.45, 7) is -1.43. The average molecular weight is 560 g/mol. The number of nitrogens with zero attached hydrogens (tertiary/aromatic N) is 1. The number of hydrogen-bond donors (Lipinski definition) is 2. The fourth-order valence-electron chi connectivity index (χ4n) is 4.40. The quantitative estimate of drug-likeness (QED) is 0.526. The second-order valence-electron chi connectivity index (χ2n) is 9.03. The van der Waals surface area contributed by atoms with E-state index in [9.17, 15) is 35.6 Å². The number of ether oxygens (including phenoxy) is 2. The van der Waals surface area contributed by atoms with E-state index in [2.05, 4.69) is 4.72 Å². The normalized spacial score (nSPS) is 21.9. The molecule has 2 aliphatic heterocycles. The second-order valence-corrected chi connectivity index (χ2v) is 10.7. The van der Waals surface area contributed by atoms with Crippen LogP contribution < -0.4 is 14.8 Å². The first kappa shape index (κ1) is 27.6. The molecule has 2 heterocycles. The Morgan fingerprint density at radius 2 is 1.84 bits per heavy atom. The highest BCUT2D eigenvalue weighted by atomic mass is 32.2. The van der Waals surface area contributed by atoms with Crippen LogP contribution in [0.5, 0.6) is 5.75 Å². The number of fused-ring (bicyclic) bond motifs is 2. The number of anilines is 1. The molecule has 9 nitrogen and oxygen atoms in total. The van der Waals surface area contributed by atoms with E-state index >= 15 is 0 Å². The van der Waals surface area contributed by atoms with Gasteiger partial charge in [0.05, 0.1) is 29.0 Å². The summed E-state index contributed by atoms with van der Waals surface area (Å²) >= 11 is 0. The van der Waals surface area contributed by atoms with Crippen molar-refractivity contribution in [1.82, 2.24) is 10.2 Å². The standard InChI is InChI=1S/C24H25F4N3O6S/c1-31-19-8-5-16(11-22(32)29-13-24(26,27)28)37-21(19)12-36-20-9-4-15(10-18(20)23(31)33)30-38(34,35)17-6-2-14(25)3-7-17/h2-4,6-7,9-10,16,19,21,30H,5,8,11-13H2,1H3,(H,29,32)/t16-,19+,21-/m1/s1. The maximum Gasteiger partial charge on any atom is 0.405 e. The lowest BCUT2D eigenvalue weighted by atomic mass is 9.94. The van der Waals surface area contributed by atoms with E-state index in [1.165, 1.54) is 23.1 Å². The number of rotatable bonds is 6. The van der Waals surface area contributed by atoms with E-state index in [0.29, 0.717) is 12.8 Å². The van der Waals surface area contributed by atoms with Crippen LogP contribution in [0.4, 0.5) is 23.2 Å². The van der Waals surface area contributed by atoms with Crippen LogP contribution in [-0.4, -0.2) is 69.8 Å². The molecule has 2 aliphatic rings. The largest absolute Gasteiger partial charge is 0.490 e. The van der Waals surface area contributed by atoms with Gasteiger partial charge >= 0.3 is 6.18 Å². The average Bonchev–Trinajstić information content (AvgIpc) is 2.85. The predicted octanol–water partition coefficient (Wildman–Crippen LogP) is 3.08. The minimum absolute atomic E-state index is 0.00336. The first-order valence-electron chi connectivity index (χ1n) is 11.6. The molecule has 38 heavy (non-hydrogen) atoms. The van der Waals surface area contributed by atoms with Crippen LogP contribution in [0, 0.1) is 5.82 Å². The fourth-order valence-corrected chi connectivity index (χ4v) is 5.45. The van der Waals surface area contributed by atoms with Crippen molar-refractivity contribution in [2.75, 3.05) is 24.9 Å². The molecule has 2 N–H and O–H groups in total. The molecule has 0 bridgehead atoms. The zero-order valence-corrected chi connectivity index (χ0v) is 20.9. The maximum atomic E-state index is 13.3. The highest BCUT2D eigenvalue weighted by Crippen LogP contribution is 2.33. The van der Waals surface area contributed by atoms with Crippen molar-refractivity contribution in [2.45, 2.75) is 48.6 Å². The Labute approximate surface area is 216 Å². The maximum absolute atomic E-state index is 13.3. The highest BCUT2D eigenvalue weighted by molar-refractivity contribution is 7.92. The third-order valence-electron chi connectivity index (χ3n) is 6.29. The number of amides is 2. The van der Waals surface area contributed by atoms with Gasteiger partial charge in [-0.25, -0.2) is 12.8 Å². The SMILES string of the molecule is CN1C(=O)c2cc(NS(=O)(=O)c3ccc(F)cc3)ccc2OC[C@H]2O[C@@H](CC(=O)NCC(F)(F)F)CC[C@@H]21. The summed E-state index contributed by atoms with van der Waals surface area (Å²) in [7, 11) is -2.49. The van der Waals surface area contributed by atoms with E-state index in [1.54, 1.807) is 7.05 Å². The number of carbonyl (C=O) groups excluding carboxylic acids is 2. The lowest BCUT2D eigenvalue weighted by Gasteiger charge is -2.42. The van der Waals surface area contributed by atoms with E-state index in [0.717, 1.165) is 24.3 Å². The van der Waals surface area contributed by atoms with E-state index < -0.39 is 58.6 Å². The number of halogens is 4. The summed E-state index contributed by atoms with van der Waals surface area (Å²) < 4.78 is 89.7. The van der Waals surface area contributed by atoms with Gasteiger partial charge in [-0.05, 0) is 55.3 Å². The molecule has 0 aliphatic carbocycles. The number of likely N-dealkylation sites (N-methyl/N-ethyl adjacent to an activating group) is 1. The van der Waals surface area contributed by atoms with Gasteiger partial charge in [-0.3, -0.25) is 14.3 Å². The minimum atomic E-state index is -4.52. The highest BCUT2D eigenvalue weighted by Gasteiger charge is 2.39. The van der Waals surface area contributed by atoms with Crippen molar-refractivity contribution in [1.29, 1.82) is 0 Å². The van der Waals surface area contributed by atoms with E-state index in [-0.39, 0.29) is 34.9 Å². The van der Waals surface area contributed by atoms with Gasteiger partial charge in [-0.2, -0.15) is 13.2 Å². The Morgan fingerprint density at radius 1 is 1.13 bits per heavy atom. The Hall–Kier alpha value is -3.39. The van der Waals surface area contributed by atoms with Crippen molar-refractivity contribution < 1.29 is 45.0 Å². The molecule has 0 unspecified atom stereocenters. The van der Waals surface area contributed by atoms with E-state index in [4.69, 9.17) is 9.47 Å². The van der Waals surface area contributed by atoms with Crippen LogP contribution >= 0.6 is 0 Å². The van der Waals surface area contributed by atoms with Gasteiger partial charge in [-0.15, -0.1) is 0 Å². The number of alkyl halides is 3. The first-order chi connectivity index (χ1) is 17.8. The van der Waals surface area contributed by atoms with Crippen LogP contribution in [0.25, 0.3) is 0 Å². The first-order valence-corrected chi connectivity index (χ1v) is 13.1. The molecule has 0 aromatic heterocycles. The van der Waals surface area contributed by atoms with Crippen LogP contribution in [0.1, 0.15) is 29.6 Å². The summed E-state index contributed by atoms with van der Waals surface area (Å²) in [5, 5.41) is 1.82. The predicted molar refractivity (Wildman–Crippen MR) is 127 cm³/mol. The summed E-state index contributed by atoms with van der Waals surface area (Å²) in [5.41, 5.74) is 0.208. The number of benzene rings is 2. The third kappa shape index (κ3) is 6.54. The zero-order valence-electron chi connectivity index (χ0n) is 20.1.